The zero-order valence-corrected chi connectivity index (χ0v) is 14.1. The molecule has 0 aliphatic carbocycles. The molecule has 20 heavy (non-hydrogen) atoms. The Morgan fingerprint density at radius 2 is 2.05 bits per heavy atom. The Bertz CT molecular complexity index is 435. The zero-order chi connectivity index (χ0) is 15.0. The minimum absolute atomic E-state index is 0.103. The third kappa shape index (κ3) is 6.91. The maximum absolute atomic E-state index is 11.6. The highest BCUT2D eigenvalue weighted by atomic mass is 79.9. The van der Waals surface area contributed by atoms with Gasteiger partial charge in [0.1, 0.15) is 0 Å². The molecule has 0 aromatic heterocycles. The topological polar surface area (TPSA) is 44.4 Å². The quantitative estimate of drug-likeness (QED) is 0.714. The number of benzene rings is 1. The number of hydrogen-bond acceptors (Lipinski definition) is 3. The molecule has 1 aromatic rings. The van der Waals surface area contributed by atoms with E-state index in [0.717, 1.165) is 29.7 Å². The second-order valence-electron chi connectivity index (χ2n) is 5.14. The number of halogens is 1. The number of nitrogens with zero attached hydrogens (tertiary/aromatic N) is 1. The van der Waals surface area contributed by atoms with Crippen molar-refractivity contribution >= 4 is 27.5 Å². The fraction of sp³-hybridized carbons (Fsp3) is 0.533. The Balaban J connectivity index is 2.18. The van der Waals surface area contributed by atoms with Crippen LogP contribution >= 0.6 is 15.9 Å². The van der Waals surface area contributed by atoms with E-state index in [4.69, 9.17) is 0 Å². The van der Waals surface area contributed by atoms with Crippen LogP contribution in [0.15, 0.2) is 22.7 Å². The zero-order valence-electron chi connectivity index (χ0n) is 12.5. The van der Waals surface area contributed by atoms with Crippen LogP contribution in [0.25, 0.3) is 0 Å². The van der Waals surface area contributed by atoms with Gasteiger partial charge in [0.15, 0.2) is 0 Å². The first-order chi connectivity index (χ1) is 9.49. The summed E-state index contributed by atoms with van der Waals surface area (Å²) < 4.78 is 1.07. The molecule has 0 aliphatic heterocycles. The molecule has 1 amide bonds. The molecular weight excluding hydrogens is 318 g/mol. The van der Waals surface area contributed by atoms with Crippen molar-refractivity contribution in [3.8, 4) is 0 Å². The molecule has 0 spiro atoms. The van der Waals surface area contributed by atoms with E-state index < -0.39 is 0 Å². The fourth-order valence-corrected chi connectivity index (χ4v) is 2.32. The third-order valence-electron chi connectivity index (χ3n) is 2.96. The van der Waals surface area contributed by atoms with Gasteiger partial charge in [-0.1, -0.05) is 15.9 Å². The second kappa shape index (κ2) is 8.97. The molecule has 0 atom stereocenters. The standard InChI is InChI=1S/C15H24BrN3O/c1-12-11-13(16)5-6-14(12)17-9-7-15(20)18-8-4-10-19(2)3/h5-6,11,17H,4,7-10H2,1-3H3,(H,18,20). The van der Waals surface area contributed by atoms with Gasteiger partial charge in [-0.2, -0.15) is 0 Å². The summed E-state index contributed by atoms with van der Waals surface area (Å²) in [5, 5.41) is 6.22. The van der Waals surface area contributed by atoms with Crippen molar-refractivity contribution in [1.82, 2.24) is 10.2 Å². The van der Waals surface area contributed by atoms with E-state index in [1.165, 1.54) is 5.56 Å². The molecule has 1 aromatic carbocycles. The molecule has 0 bridgehead atoms. The molecule has 112 valence electrons. The minimum atomic E-state index is 0.103. The van der Waals surface area contributed by atoms with Gasteiger partial charge in [0.25, 0.3) is 0 Å². The van der Waals surface area contributed by atoms with Crippen LogP contribution in [-0.2, 0) is 4.79 Å². The Kier molecular flexibility index (Phi) is 7.62. The van der Waals surface area contributed by atoms with E-state index in [2.05, 4.69) is 44.5 Å². The highest BCUT2D eigenvalue weighted by Crippen LogP contribution is 2.19. The van der Waals surface area contributed by atoms with Crippen LogP contribution in [0.3, 0.4) is 0 Å². The predicted octanol–water partition coefficient (Wildman–Crippen LogP) is 2.63. The molecule has 1 rings (SSSR count). The average Bonchev–Trinajstić information content (AvgIpc) is 2.37. The van der Waals surface area contributed by atoms with Gasteiger partial charge in [-0.15, -0.1) is 0 Å². The Morgan fingerprint density at radius 3 is 2.70 bits per heavy atom. The first-order valence-electron chi connectivity index (χ1n) is 6.90. The molecule has 0 saturated heterocycles. The lowest BCUT2D eigenvalue weighted by atomic mass is 10.2. The number of aryl methyl sites for hydroxylation is 1. The van der Waals surface area contributed by atoms with Crippen LogP contribution < -0.4 is 10.6 Å². The van der Waals surface area contributed by atoms with Crippen molar-refractivity contribution < 1.29 is 4.79 Å². The van der Waals surface area contributed by atoms with Crippen LogP contribution in [0, 0.1) is 6.92 Å². The number of anilines is 1. The third-order valence-corrected chi connectivity index (χ3v) is 3.45. The number of carbonyl (C=O) groups is 1. The first-order valence-corrected chi connectivity index (χ1v) is 7.70. The van der Waals surface area contributed by atoms with Gasteiger partial charge in [-0.25, -0.2) is 0 Å². The highest BCUT2D eigenvalue weighted by molar-refractivity contribution is 9.10. The minimum Gasteiger partial charge on any atom is -0.384 e. The molecular formula is C15H24BrN3O. The van der Waals surface area contributed by atoms with Gasteiger partial charge in [-0.05, 0) is 57.7 Å². The smallest absolute Gasteiger partial charge is 0.221 e. The summed E-state index contributed by atoms with van der Waals surface area (Å²) in [7, 11) is 4.07. The second-order valence-corrected chi connectivity index (χ2v) is 6.06. The lowest BCUT2D eigenvalue weighted by molar-refractivity contribution is -0.120. The molecule has 0 fully saturated rings. The van der Waals surface area contributed by atoms with Crippen molar-refractivity contribution in [2.24, 2.45) is 0 Å². The van der Waals surface area contributed by atoms with Gasteiger partial charge in [0, 0.05) is 29.7 Å². The average molecular weight is 342 g/mol. The van der Waals surface area contributed by atoms with Crippen molar-refractivity contribution in [2.75, 3.05) is 39.0 Å². The van der Waals surface area contributed by atoms with Crippen molar-refractivity contribution in [2.45, 2.75) is 19.8 Å². The van der Waals surface area contributed by atoms with Crippen LogP contribution in [0.4, 0.5) is 5.69 Å². The largest absolute Gasteiger partial charge is 0.384 e. The fourth-order valence-electron chi connectivity index (χ4n) is 1.85. The molecule has 0 unspecified atom stereocenters. The van der Waals surface area contributed by atoms with Crippen LogP contribution in [-0.4, -0.2) is 44.5 Å². The van der Waals surface area contributed by atoms with E-state index in [-0.39, 0.29) is 5.91 Å². The molecule has 4 nitrogen and oxygen atoms in total. The van der Waals surface area contributed by atoms with E-state index in [0.29, 0.717) is 13.0 Å². The molecule has 0 saturated carbocycles. The number of rotatable bonds is 8. The van der Waals surface area contributed by atoms with Crippen molar-refractivity contribution in [3.63, 3.8) is 0 Å². The van der Waals surface area contributed by atoms with E-state index >= 15 is 0 Å². The van der Waals surface area contributed by atoms with Gasteiger partial charge < -0.3 is 15.5 Å². The molecule has 0 radical (unpaired) electrons. The summed E-state index contributed by atoms with van der Waals surface area (Å²) in [6.07, 6.45) is 1.48. The summed E-state index contributed by atoms with van der Waals surface area (Å²) in [6, 6.07) is 6.08. The first kappa shape index (κ1) is 17.0. The van der Waals surface area contributed by atoms with Crippen LogP contribution in [0.2, 0.25) is 0 Å². The lowest BCUT2D eigenvalue weighted by Crippen LogP contribution is -2.28. The predicted molar refractivity (Wildman–Crippen MR) is 88.2 cm³/mol. The Hall–Kier alpha value is -1.07. The molecule has 2 N–H and O–H groups in total. The Labute approximate surface area is 130 Å². The van der Waals surface area contributed by atoms with Crippen molar-refractivity contribution in [3.05, 3.63) is 28.2 Å². The Morgan fingerprint density at radius 1 is 1.30 bits per heavy atom. The maximum Gasteiger partial charge on any atom is 0.221 e. The monoisotopic (exact) mass is 341 g/mol. The molecule has 5 heteroatoms. The van der Waals surface area contributed by atoms with E-state index in [1.807, 2.05) is 26.2 Å². The number of amides is 1. The van der Waals surface area contributed by atoms with Gasteiger partial charge in [0.05, 0.1) is 0 Å². The lowest BCUT2D eigenvalue weighted by Gasteiger charge is -2.11. The van der Waals surface area contributed by atoms with E-state index in [9.17, 15) is 4.79 Å². The summed E-state index contributed by atoms with van der Waals surface area (Å²) in [4.78, 5) is 13.8. The SMILES string of the molecule is Cc1cc(Br)ccc1NCCC(=O)NCCCN(C)C. The van der Waals surface area contributed by atoms with Crippen LogP contribution in [0.1, 0.15) is 18.4 Å². The number of carbonyl (C=O) groups excluding carboxylic acids is 1. The molecule has 0 aliphatic rings. The summed E-state index contributed by atoms with van der Waals surface area (Å²) in [5.41, 5.74) is 2.25. The maximum atomic E-state index is 11.6. The number of nitrogens with one attached hydrogen (secondary N) is 2. The van der Waals surface area contributed by atoms with Gasteiger partial charge in [-0.3, -0.25) is 4.79 Å². The van der Waals surface area contributed by atoms with Crippen LogP contribution in [0.5, 0.6) is 0 Å². The highest BCUT2D eigenvalue weighted by Gasteiger charge is 2.02. The number of hydrogen-bond donors (Lipinski definition) is 2. The van der Waals surface area contributed by atoms with E-state index in [1.54, 1.807) is 0 Å². The van der Waals surface area contributed by atoms with Crippen molar-refractivity contribution in [1.29, 1.82) is 0 Å². The summed E-state index contributed by atoms with van der Waals surface area (Å²) in [5.74, 6) is 0.103. The van der Waals surface area contributed by atoms with Gasteiger partial charge in [0.2, 0.25) is 5.91 Å². The van der Waals surface area contributed by atoms with Gasteiger partial charge >= 0.3 is 0 Å². The summed E-state index contributed by atoms with van der Waals surface area (Å²) in [6.45, 7) is 4.45. The normalized spacial score (nSPS) is 10.7. The molecule has 0 heterocycles. The summed E-state index contributed by atoms with van der Waals surface area (Å²) >= 11 is 3.44.